The zero-order chi connectivity index (χ0) is 14.7. The number of halogens is 1. The van der Waals surface area contributed by atoms with Crippen molar-refractivity contribution in [2.24, 2.45) is 5.73 Å². The number of primary amides is 1. The average Bonchev–Trinajstić information content (AvgIpc) is 2.41. The molecule has 0 aliphatic rings. The van der Waals surface area contributed by atoms with E-state index in [4.69, 9.17) is 5.73 Å². The maximum Gasteiger partial charge on any atom is 0.258 e. The van der Waals surface area contributed by atoms with Crippen LogP contribution in [-0.2, 0) is 0 Å². The number of nitrogens with one attached hydrogen (secondary N) is 1. The summed E-state index contributed by atoms with van der Waals surface area (Å²) < 4.78 is 0.459. The minimum absolute atomic E-state index is 0.310. The molecule has 1 aromatic carbocycles. The second kappa shape index (κ2) is 5.83. The van der Waals surface area contributed by atoms with Crippen LogP contribution >= 0.6 is 15.9 Å². The largest absolute Gasteiger partial charge is 0.366 e. The lowest BCUT2D eigenvalue weighted by Crippen LogP contribution is -2.17. The fourth-order valence-electron chi connectivity index (χ4n) is 1.78. The Bertz CT molecular complexity index is 686. The van der Waals surface area contributed by atoms with Gasteiger partial charge in [0.1, 0.15) is 4.60 Å². The van der Waals surface area contributed by atoms with Crippen LogP contribution in [0.5, 0.6) is 0 Å². The molecule has 0 unspecified atom stereocenters. The molecule has 0 aliphatic carbocycles. The lowest BCUT2D eigenvalue weighted by atomic mass is 10.1. The molecule has 2 aromatic rings. The highest BCUT2D eigenvalue weighted by atomic mass is 79.9. The highest BCUT2D eigenvalue weighted by Gasteiger charge is 2.14. The maximum absolute atomic E-state index is 12.2. The highest BCUT2D eigenvalue weighted by molar-refractivity contribution is 9.10. The third-order valence-corrected chi connectivity index (χ3v) is 3.48. The molecule has 102 valence electrons. The molecule has 0 radical (unpaired) electrons. The van der Waals surface area contributed by atoms with Gasteiger partial charge in [0.25, 0.3) is 5.91 Å². The molecule has 0 saturated heterocycles. The van der Waals surface area contributed by atoms with Gasteiger partial charge in [0, 0.05) is 17.4 Å². The Hall–Kier alpha value is -2.21. The Labute approximate surface area is 124 Å². The summed E-state index contributed by atoms with van der Waals surface area (Å²) in [4.78, 5) is 27.4. The molecule has 1 heterocycles. The minimum Gasteiger partial charge on any atom is -0.366 e. The van der Waals surface area contributed by atoms with E-state index in [2.05, 4.69) is 26.2 Å². The molecule has 0 atom stereocenters. The second-order valence-electron chi connectivity index (χ2n) is 4.14. The molecule has 20 heavy (non-hydrogen) atoms. The van der Waals surface area contributed by atoms with Crippen molar-refractivity contribution in [3.8, 4) is 0 Å². The fraction of sp³-hybridized carbons (Fsp3) is 0.0714. The molecule has 0 aliphatic heterocycles. The van der Waals surface area contributed by atoms with Crippen molar-refractivity contribution < 1.29 is 9.59 Å². The summed E-state index contributed by atoms with van der Waals surface area (Å²) in [5.74, 6) is -0.837. The van der Waals surface area contributed by atoms with Crippen molar-refractivity contribution in [3.63, 3.8) is 0 Å². The number of nitrogens with two attached hydrogens (primary N) is 1. The van der Waals surface area contributed by atoms with Gasteiger partial charge in [-0.3, -0.25) is 9.59 Å². The van der Waals surface area contributed by atoms with Crippen LogP contribution in [0.15, 0.2) is 41.1 Å². The third-order valence-electron chi connectivity index (χ3n) is 2.85. The summed E-state index contributed by atoms with van der Waals surface area (Å²) in [5, 5.41) is 2.75. The Kier molecular flexibility index (Phi) is 4.14. The van der Waals surface area contributed by atoms with Crippen LogP contribution < -0.4 is 11.1 Å². The van der Waals surface area contributed by atoms with Crippen molar-refractivity contribution in [1.29, 1.82) is 0 Å². The van der Waals surface area contributed by atoms with Crippen LogP contribution in [0.2, 0.25) is 0 Å². The normalized spacial score (nSPS) is 10.1. The van der Waals surface area contributed by atoms with Crippen molar-refractivity contribution in [1.82, 2.24) is 4.98 Å². The summed E-state index contributed by atoms with van der Waals surface area (Å²) in [6.07, 6.45) is 1.58. The molecule has 6 heteroatoms. The first-order valence-electron chi connectivity index (χ1n) is 5.82. The second-order valence-corrected chi connectivity index (χ2v) is 4.89. The quantitative estimate of drug-likeness (QED) is 0.846. The molecule has 5 nitrogen and oxygen atoms in total. The van der Waals surface area contributed by atoms with Gasteiger partial charge in [-0.1, -0.05) is 6.07 Å². The van der Waals surface area contributed by atoms with Crippen LogP contribution in [0.1, 0.15) is 26.3 Å². The van der Waals surface area contributed by atoms with Gasteiger partial charge in [-0.15, -0.1) is 0 Å². The average molecular weight is 334 g/mol. The standard InChI is InChI=1S/C14H12BrN3O2/c1-8-9(13(16)19)4-2-6-11(8)18-14(20)10-5-3-7-17-12(10)15/h2-7H,1H3,(H2,16,19)(H,18,20). The number of rotatable bonds is 3. The van der Waals surface area contributed by atoms with Crippen LogP contribution in [0.3, 0.4) is 0 Å². The summed E-state index contributed by atoms with van der Waals surface area (Å²) in [6, 6.07) is 8.32. The van der Waals surface area contributed by atoms with E-state index < -0.39 is 5.91 Å². The number of benzene rings is 1. The summed E-state index contributed by atoms with van der Waals surface area (Å²) in [7, 11) is 0. The number of nitrogens with zero attached hydrogens (tertiary/aromatic N) is 1. The number of carbonyl (C=O) groups is 2. The van der Waals surface area contributed by atoms with Crippen molar-refractivity contribution in [2.75, 3.05) is 5.32 Å². The molecular formula is C14H12BrN3O2. The first-order chi connectivity index (χ1) is 9.50. The lowest BCUT2D eigenvalue weighted by Gasteiger charge is -2.11. The SMILES string of the molecule is Cc1c(NC(=O)c2cccnc2Br)cccc1C(N)=O. The molecule has 2 rings (SSSR count). The van der Waals surface area contributed by atoms with Crippen LogP contribution in [0.25, 0.3) is 0 Å². The number of hydrogen-bond acceptors (Lipinski definition) is 3. The predicted octanol–water partition coefficient (Wildman–Crippen LogP) is 2.50. The third kappa shape index (κ3) is 2.85. The van der Waals surface area contributed by atoms with E-state index in [-0.39, 0.29) is 5.91 Å². The molecule has 3 N–H and O–H groups in total. The number of amides is 2. The smallest absolute Gasteiger partial charge is 0.258 e. The molecule has 1 aromatic heterocycles. The number of hydrogen-bond donors (Lipinski definition) is 2. The summed E-state index contributed by atoms with van der Waals surface area (Å²) >= 11 is 3.22. The van der Waals surface area contributed by atoms with E-state index in [1.807, 2.05) is 0 Å². The Morgan fingerprint density at radius 1 is 1.20 bits per heavy atom. The van der Waals surface area contributed by atoms with Crippen LogP contribution in [-0.4, -0.2) is 16.8 Å². The zero-order valence-corrected chi connectivity index (χ0v) is 12.3. The van der Waals surface area contributed by atoms with E-state index in [0.717, 1.165) is 0 Å². The van der Waals surface area contributed by atoms with E-state index in [9.17, 15) is 9.59 Å². The lowest BCUT2D eigenvalue weighted by molar-refractivity contribution is 0.0995. The summed E-state index contributed by atoms with van der Waals surface area (Å²) in [5.41, 5.74) is 7.25. The van der Waals surface area contributed by atoms with Crippen molar-refractivity contribution in [3.05, 3.63) is 57.8 Å². The van der Waals surface area contributed by atoms with Gasteiger partial charge in [-0.05, 0) is 52.7 Å². The molecular weight excluding hydrogens is 322 g/mol. The molecule has 2 amide bonds. The first kappa shape index (κ1) is 14.2. The van der Waals surface area contributed by atoms with Crippen LogP contribution in [0, 0.1) is 6.92 Å². The first-order valence-corrected chi connectivity index (χ1v) is 6.61. The summed E-state index contributed by atoms with van der Waals surface area (Å²) in [6.45, 7) is 1.73. The Morgan fingerprint density at radius 3 is 2.55 bits per heavy atom. The molecule has 0 fully saturated rings. The van der Waals surface area contributed by atoms with Gasteiger partial charge < -0.3 is 11.1 Å². The van der Waals surface area contributed by atoms with Gasteiger partial charge in [0.15, 0.2) is 0 Å². The highest BCUT2D eigenvalue weighted by Crippen LogP contribution is 2.21. The van der Waals surface area contributed by atoms with Gasteiger partial charge in [0.05, 0.1) is 5.56 Å². The Balaban J connectivity index is 2.32. The molecule has 0 saturated carbocycles. The molecule has 0 bridgehead atoms. The maximum atomic E-state index is 12.2. The topological polar surface area (TPSA) is 85.1 Å². The number of anilines is 1. The fourth-order valence-corrected chi connectivity index (χ4v) is 2.21. The van der Waals surface area contributed by atoms with Gasteiger partial charge >= 0.3 is 0 Å². The van der Waals surface area contributed by atoms with Gasteiger partial charge in [-0.2, -0.15) is 0 Å². The van der Waals surface area contributed by atoms with Gasteiger partial charge in [0.2, 0.25) is 5.91 Å². The monoisotopic (exact) mass is 333 g/mol. The van der Waals surface area contributed by atoms with E-state index >= 15 is 0 Å². The van der Waals surface area contributed by atoms with E-state index in [1.54, 1.807) is 43.5 Å². The van der Waals surface area contributed by atoms with Crippen molar-refractivity contribution in [2.45, 2.75) is 6.92 Å². The Morgan fingerprint density at radius 2 is 1.90 bits per heavy atom. The van der Waals surface area contributed by atoms with Crippen molar-refractivity contribution >= 4 is 33.4 Å². The van der Waals surface area contributed by atoms with Crippen LogP contribution in [0.4, 0.5) is 5.69 Å². The van der Waals surface area contributed by atoms with Gasteiger partial charge in [-0.25, -0.2) is 4.98 Å². The van der Waals surface area contributed by atoms with E-state index in [1.165, 1.54) is 0 Å². The number of aromatic nitrogens is 1. The minimum atomic E-state index is -0.527. The molecule has 0 spiro atoms. The number of pyridine rings is 1. The predicted molar refractivity (Wildman–Crippen MR) is 79.6 cm³/mol. The number of carbonyl (C=O) groups excluding carboxylic acids is 2. The zero-order valence-electron chi connectivity index (χ0n) is 10.7. The van der Waals surface area contributed by atoms with E-state index in [0.29, 0.717) is 27.0 Å².